The highest BCUT2D eigenvalue weighted by Gasteiger charge is 2.47. The molecule has 0 saturated heterocycles. The summed E-state index contributed by atoms with van der Waals surface area (Å²) < 4.78 is 6.69. The van der Waals surface area contributed by atoms with Crippen LogP contribution in [0.2, 0.25) is 0 Å². The molecule has 0 atom stereocenters. The van der Waals surface area contributed by atoms with Crippen LogP contribution in [0.5, 0.6) is 11.5 Å². The Kier molecular flexibility index (Phi) is 4.13. The van der Waals surface area contributed by atoms with E-state index >= 15 is 0 Å². The van der Waals surface area contributed by atoms with Gasteiger partial charge >= 0.3 is 0 Å². The number of rotatable bonds is 2. The fourth-order valence-electron chi connectivity index (χ4n) is 5.81. The van der Waals surface area contributed by atoms with Crippen LogP contribution in [0, 0.1) is 0 Å². The Bertz CT molecular complexity index is 1540. The minimum atomic E-state index is -0.535. The Morgan fingerprint density at radius 2 is 0.794 bits per heavy atom. The van der Waals surface area contributed by atoms with Crippen LogP contribution >= 0.6 is 0 Å². The highest BCUT2D eigenvalue weighted by Crippen LogP contribution is 2.58. The van der Waals surface area contributed by atoms with E-state index < -0.39 is 5.41 Å². The van der Waals surface area contributed by atoms with Crippen molar-refractivity contribution in [1.82, 2.24) is 0 Å². The highest BCUT2D eigenvalue weighted by molar-refractivity contribution is 5.98. The average Bonchev–Trinajstić information content (AvgIpc) is 2.92. The molecule has 7 rings (SSSR count). The van der Waals surface area contributed by atoms with Crippen LogP contribution < -0.4 is 4.74 Å². The SMILES string of the molecule is c1ccc(C2(c3ccccc3)c3c(ccc4ccccc34)Oc3ccc4ccccc4c32)cc1. The van der Waals surface area contributed by atoms with Gasteiger partial charge in [0, 0.05) is 11.1 Å². The van der Waals surface area contributed by atoms with Crippen LogP contribution in [0.3, 0.4) is 0 Å². The molecule has 34 heavy (non-hydrogen) atoms. The normalized spacial score (nSPS) is 13.8. The highest BCUT2D eigenvalue weighted by atomic mass is 16.5. The molecule has 160 valence electrons. The van der Waals surface area contributed by atoms with Crippen molar-refractivity contribution in [3.63, 3.8) is 0 Å². The lowest BCUT2D eigenvalue weighted by Crippen LogP contribution is -2.34. The lowest BCUT2D eigenvalue weighted by atomic mass is 9.61. The monoisotopic (exact) mass is 434 g/mol. The van der Waals surface area contributed by atoms with Crippen molar-refractivity contribution in [2.24, 2.45) is 0 Å². The third-order valence-corrected chi connectivity index (χ3v) is 7.17. The van der Waals surface area contributed by atoms with Crippen LogP contribution in [-0.4, -0.2) is 0 Å². The summed E-state index contributed by atoms with van der Waals surface area (Å²) in [6.07, 6.45) is 0. The maximum atomic E-state index is 6.69. The van der Waals surface area contributed by atoms with Gasteiger partial charge in [-0.05, 0) is 44.8 Å². The maximum absolute atomic E-state index is 6.69. The number of ether oxygens (including phenoxy) is 1. The molecule has 1 heterocycles. The summed E-state index contributed by atoms with van der Waals surface area (Å²) in [6, 6.07) is 47.7. The van der Waals surface area contributed by atoms with Crippen molar-refractivity contribution in [2.75, 3.05) is 0 Å². The second-order valence-corrected chi connectivity index (χ2v) is 8.90. The van der Waals surface area contributed by atoms with E-state index in [1.165, 1.54) is 43.8 Å². The van der Waals surface area contributed by atoms with Crippen LogP contribution in [0.1, 0.15) is 22.3 Å². The Labute approximate surface area is 198 Å². The molecule has 0 aromatic heterocycles. The van der Waals surface area contributed by atoms with E-state index in [2.05, 4.69) is 133 Å². The van der Waals surface area contributed by atoms with Gasteiger partial charge in [0.15, 0.2) is 0 Å². The molecule has 0 radical (unpaired) electrons. The number of benzene rings is 6. The van der Waals surface area contributed by atoms with Gasteiger partial charge in [0.1, 0.15) is 11.5 Å². The van der Waals surface area contributed by atoms with Crippen molar-refractivity contribution in [2.45, 2.75) is 5.41 Å². The number of hydrogen-bond donors (Lipinski definition) is 0. The van der Waals surface area contributed by atoms with E-state index in [1.807, 2.05) is 0 Å². The molecule has 0 fully saturated rings. The third kappa shape index (κ3) is 2.55. The second-order valence-electron chi connectivity index (χ2n) is 8.90. The van der Waals surface area contributed by atoms with E-state index in [4.69, 9.17) is 4.74 Å². The molecule has 0 saturated carbocycles. The minimum absolute atomic E-state index is 0.535. The number of hydrogen-bond acceptors (Lipinski definition) is 1. The van der Waals surface area contributed by atoms with E-state index in [0.29, 0.717) is 0 Å². The van der Waals surface area contributed by atoms with Crippen molar-refractivity contribution in [3.8, 4) is 11.5 Å². The van der Waals surface area contributed by atoms with Crippen molar-refractivity contribution < 1.29 is 4.74 Å². The van der Waals surface area contributed by atoms with E-state index in [1.54, 1.807) is 0 Å². The van der Waals surface area contributed by atoms with Gasteiger partial charge in [0.2, 0.25) is 0 Å². The lowest BCUT2D eigenvalue weighted by Gasteiger charge is -2.43. The fourth-order valence-corrected chi connectivity index (χ4v) is 5.81. The summed E-state index contributed by atoms with van der Waals surface area (Å²) in [7, 11) is 0. The van der Waals surface area contributed by atoms with Gasteiger partial charge < -0.3 is 4.74 Å². The Morgan fingerprint density at radius 1 is 0.382 bits per heavy atom. The van der Waals surface area contributed by atoms with Crippen molar-refractivity contribution >= 4 is 21.5 Å². The van der Waals surface area contributed by atoms with Gasteiger partial charge in [-0.15, -0.1) is 0 Å². The van der Waals surface area contributed by atoms with Gasteiger partial charge in [-0.3, -0.25) is 0 Å². The number of fused-ring (bicyclic) bond motifs is 6. The van der Waals surface area contributed by atoms with Crippen LogP contribution in [0.25, 0.3) is 21.5 Å². The second kappa shape index (κ2) is 7.33. The van der Waals surface area contributed by atoms with Crippen LogP contribution in [-0.2, 0) is 5.41 Å². The molecule has 1 aliphatic rings. The topological polar surface area (TPSA) is 9.23 Å². The van der Waals surface area contributed by atoms with Gasteiger partial charge in [-0.2, -0.15) is 0 Å². The first-order valence-corrected chi connectivity index (χ1v) is 11.7. The molecule has 1 heteroatoms. The third-order valence-electron chi connectivity index (χ3n) is 7.17. The first-order chi connectivity index (χ1) is 16.9. The van der Waals surface area contributed by atoms with E-state index in [0.717, 1.165) is 11.5 Å². The molecule has 0 amide bonds. The smallest absolute Gasteiger partial charge is 0.132 e. The molecule has 6 aromatic rings. The van der Waals surface area contributed by atoms with Crippen molar-refractivity contribution in [1.29, 1.82) is 0 Å². The summed E-state index contributed by atoms with van der Waals surface area (Å²) in [5.74, 6) is 1.82. The van der Waals surface area contributed by atoms with Gasteiger partial charge in [0.25, 0.3) is 0 Å². The van der Waals surface area contributed by atoms with Gasteiger partial charge in [0.05, 0.1) is 5.41 Å². The molecule has 1 aliphatic heterocycles. The minimum Gasteiger partial charge on any atom is -0.457 e. The molecule has 0 aliphatic carbocycles. The summed E-state index contributed by atoms with van der Waals surface area (Å²) in [5.41, 5.74) is 4.34. The summed E-state index contributed by atoms with van der Waals surface area (Å²) in [6.45, 7) is 0. The first-order valence-electron chi connectivity index (χ1n) is 11.7. The predicted octanol–water partition coefficient (Wildman–Crippen LogP) is 8.48. The first kappa shape index (κ1) is 19.1. The quantitative estimate of drug-likeness (QED) is 0.265. The summed E-state index contributed by atoms with van der Waals surface area (Å²) >= 11 is 0. The van der Waals surface area contributed by atoms with Crippen LogP contribution in [0.4, 0.5) is 0 Å². The maximum Gasteiger partial charge on any atom is 0.132 e. The Balaban J connectivity index is 1.78. The molecule has 0 unspecified atom stereocenters. The zero-order chi connectivity index (χ0) is 22.5. The molecular formula is C33H22O. The average molecular weight is 435 g/mol. The van der Waals surface area contributed by atoms with E-state index in [-0.39, 0.29) is 0 Å². The molecule has 0 bridgehead atoms. The summed E-state index contributed by atoms with van der Waals surface area (Å²) in [4.78, 5) is 0. The summed E-state index contributed by atoms with van der Waals surface area (Å²) in [5, 5.41) is 4.85. The standard InChI is InChI=1S/C33H22O/c1-3-13-25(14-4-1)33(26-15-5-2-6-16-26)31-27-17-9-7-11-23(27)19-21-29(31)34-30-22-20-24-12-8-10-18-28(24)32(30)33/h1-22H. The van der Waals surface area contributed by atoms with Gasteiger partial charge in [-0.1, -0.05) is 121 Å². The molecule has 0 N–H and O–H groups in total. The van der Waals surface area contributed by atoms with Crippen molar-refractivity contribution in [3.05, 3.63) is 156 Å². The Hall–Kier alpha value is -4.36. The zero-order valence-electron chi connectivity index (χ0n) is 18.6. The fraction of sp³-hybridized carbons (Fsp3) is 0.0303. The van der Waals surface area contributed by atoms with Gasteiger partial charge in [-0.25, -0.2) is 0 Å². The van der Waals surface area contributed by atoms with Crippen LogP contribution in [0.15, 0.2) is 133 Å². The molecule has 1 nitrogen and oxygen atoms in total. The molecule has 6 aromatic carbocycles. The largest absolute Gasteiger partial charge is 0.457 e. The molecule has 0 spiro atoms. The zero-order valence-corrected chi connectivity index (χ0v) is 18.6. The lowest BCUT2D eigenvalue weighted by molar-refractivity contribution is 0.439. The predicted molar refractivity (Wildman–Crippen MR) is 140 cm³/mol. The van der Waals surface area contributed by atoms with E-state index in [9.17, 15) is 0 Å². The molecular weight excluding hydrogens is 412 g/mol. The Morgan fingerprint density at radius 3 is 1.26 bits per heavy atom.